The number of nitrogens with zero attached hydrogens (tertiary/aromatic N) is 1. The van der Waals surface area contributed by atoms with Gasteiger partial charge in [-0.3, -0.25) is 14.4 Å². The minimum absolute atomic E-state index is 0.0394. The molecule has 7 nitrogen and oxygen atoms in total. The average molecular weight is 374 g/mol. The number of carbonyl (C=O) groups is 3. The predicted molar refractivity (Wildman–Crippen MR) is 95.4 cm³/mol. The van der Waals surface area contributed by atoms with E-state index >= 15 is 0 Å². The summed E-state index contributed by atoms with van der Waals surface area (Å²) in [7, 11) is 1.40. The first-order valence-corrected chi connectivity index (χ1v) is 8.06. The number of anilines is 1. The van der Waals surface area contributed by atoms with Gasteiger partial charge in [-0.25, -0.2) is 4.39 Å². The van der Waals surface area contributed by atoms with E-state index in [0.717, 1.165) is 4.90 Å². The van der Waals surface area contributed by atoms with Gasteiger partial charge in [-0.05, 0) is 42.0 Å². The Hall–Kier alpha value is -3.42. The normalized spacial score (nSPS) is 10.1. The van der Waals surface area contributed by atoms with Gasteiger partial charge in [0.2, 0.25) is 5.91 Å². The Morgan fingerprint density at radius 2 is 1.70 bits per heavy atom. The number of halogens is 1. The van der Waals surface area contributed by atoms with E-state index in [9.17, 15) is 23.9 Å². The lowest BCUT2D eigenvalue weighted by Crippen LogP contribution is -2.37. The van der Waals surface area contributed by atoms with Crippen molar-refractivity contribution in [3.8, 4) is 5.75 Å². The number of hydrogen-bond donors (Lipinski definition) is 2. The van der Waals surface area contributed by atoms with Crippen LogP contribution in [0.4, 0.5) is 10.1 Å². The van der Waals surface area contributed by atoms with Crippen LogP contribution in [0, 0.1) is 5.82 Å². The van der Waals surface area contributed by atoms with Crippen molar-refractivity contribution in [2.45, 2.75) is 6.42 Å². The molecule has 0 spiro atoms. The molecule has 2 N–H and O–H groups in total. The molecule has 0 fully saturated rings. The van der Waals surface area contributed by atoms with E-state index in [0.29, 0.717) is 11.3 Å². The zero-order valence-electron chi connectivity index (χ0n) is 14.6. The van der Waals surface area contributed by atoms with E-state index in [1.165, 1.54) is 43.4 Å². The zero-order valence-corrected chi connectivity index (χ0v) is 14.6. The van der Waals surface area contributed by atoms with Gasteiger partial charge in [0, 0.05) is 12.7 Å². The summed E-state index contributed by atoms with van der Waals surface area (Å²) in [6, 6.07) is 11.3. The lowest BCUT2D eigenvalue weighted by molar-refractivity contribution is -0.151. The van der Waals surface area contributed by atoms with Gasteiger partial charge >= 0.3 is 5.97 Å². The number of ether oxygens (including phenoxy) is 1. The third kappa shape index (κ3) is 6.77. The van der Waals surface area contributed by atoms with Crippen molar-refractivity contribution < 1.29 is 28.6 Å². The highest BCUT2D eigenvalue weighted by atomic mass is 19.1. The first-order valence-electron chi connectivity index (χ1n) is 8.06. The molecule has 0 unspecified atom stereocenters. The van der Waals surface area contributed by atoms with Gasteiger partial charge in [0.25, 0.3) is 5.91 Å². The summed E-state index contributed by atoms with van der Waals surface area (Å²) in [5.41, 5.74) is 1.04. The fourth-order valence-corrected chi connectivity index (χ4v) is 2.12. The van der Waals surface area contributed by atoms with E-state index in [-0.39, 0.29) is 18.7 Å². The summed E-state index contributed by atoms with van der Waals surface area (Å²) in [5, 5.41) is 11.7. The van der Waals surface area contributed by atoms with Crippen molar-refractivity contribution in [2.75, 3.05) is 25.5 Å². The van der Waals surface area contributed by atoms with Crippen LogP contribution < -0.4 is 5.32 Å². The Morgan fingerprint density at radius 3 is 2.33 bits per heavy atom. The fraction of sp³-hybridized carbons (Fsp3) is 0.211. The van der Waals surface area contributed by atoms with Crippen LogP contribution in [-0.2, 0) is 25.5 Å². The lowest BCUT2D eigenvalue weighted by Gasteiger charge is -2.16. The number of nitrogens with one attached hydrogen (secondary N) is 1. The smallest absolute Gasteiger partial charge is 0.310 e. The van der Waals surface area contributed by atoms with Crippen LogP contribution in [-0.4, -0.2) is 48.0 Å². The highest BCUT2D eigenvalue weighted by Crippen LogP contribution is 2.10. The van der Waals surface area contributed by atoms with Crippen molar-refractivity contribution in [3.05, 3.63) is 59.9 Å². The van der Waals surface area contributed by atoms with E-state index in [1.807, 2.05) is 0 Å². The molecule has 142 valence electrons. The van der Waals surface area contributed by atoms with Crippen LogP contribution >= 0.6 is 0 Å². The highest BCUT2D eigenvalue weighted by molar-refractivity contribution is 5.94. The lowest BCUT2D eigenvalue weighted by atomic mass is 10.1. The molecule has 0 aromatic heterocycles. The van der Waals surface area contributed by atoms with Gasteiger partial charge in [0.05, 0.1) is 13.0 Å². The Balaban J connectivity index is 1.74. The van der Waals surface area contributed by atoms with E-state index in [1.54, 1.807) is 12.1 Å². The molecule has 2 aromatic rings. The number of carbonyl (C=O) groups excluding carboxylic acids is 3. The van der Waals surface area contributed by atoms with Crippen LogP contribution in [0.1, 0.15) is 5.56 Å². The molecule has 0 aliphatic rings. The van der Waals surface area contributed by atoms with Crippen molar-refractivity contribution >= 4 is 23.5 Å². The molecule has 0 heterocycles. The summed E-state index contributed by atoms with van der Waals surface area (Å²) >= 11 is 0. The molecule has 27 heavy (non-hydrogen) atoms. The van der Waals surface area contributed by atoms with Crippen LogP contribution in [0.15, 0.2) is 48.5 Å². The molecule has 0 saturated carbocycles. The summed E-state index contributed by atoms with van der Waals surface area (Å²) < 4.78 is 17.7. The molecule has 0 aliphatic carbocycles. The number of likely N-dealkylation sites (N-methyl/N-ethyl adjacent to an activating group) is 1. The Labute approximate surface area is 155 Å². The molecular weight excluding hydrogens is 355 g/mol. The second-order valence-corrected chi connectivity index (χ2v) is 5.81. The number of esters is 1. The summed E-state index contributed by atoms with van der Waals surface area (Å²) in [4.78, 5) is 36.7. The van der Waals surface area contributed by atoms with E-state index in [4.69, 9.17) is 4.74 Å². The molecule has 0 atom stereocenters. The number of phenolic OH excluding ortho intramolecular Hbond substituents is 1. The molecule has 2 rings (SSSR count). The molecule has 2 amide bonds. The van der Waals surface area contributed by atoms with Crippen molar-refractivity contribution in [2.24, 2.45) is 0 Å². The van der Waals surface area contributed by atoms with Gasteiger partial charge in [0.1, 0.15) is 11.6 Å². The maximum absolute atomic E-state index is 12.8. The van der Waals surface area contributed by atoms with Gasteiger partial charge in [-0.1, -0.05) is 12.1 Å². The molecule has 0 saturated heterocycles. The minimum atomic E-state index is -0.599. The predicted octanol–water partition coefficient (Wildman–Crippen LogP) is 1.71. The molecular formula is C19H19FN2O5. The second kappa shape index (κ2) is 9.33. The maximum atomic E-state index is 12.8. The Morgan fingerprint density at radius 1 is 1.07 bits per heavy atom. The SMILES string of the molecule is CN(CC(=O)Nc1ccc(F)cc1)C(=O)COC(=O)Cc1ccc(O)cc1. The van der Waals surface area contributed by atoms with Crippen LogP contribution in [0.2, 0.25) is 0 Å². The fourth-order valence-electron chi connectivity index (χ4n) is 2.12. The first kappa shape index (κ1) is 19.9. The van der Waals surface area contributed by atoms with Gasteiger partial charge < -0.3 is 20.1 Å². The van der Waals surface area contributed by atoms with Gasteiger partial charge in [0.15, 0.2) is 6.61 Å². The highest BCUT2D eigenvalue weighted by Gasteiger charge is 2.15. The molecule has 0 radical (unpaired) electrons. The Bertz CT molecular complexity index is 806. The van der Waals surface area contributed by atoms with Crippen LogP contribution in [0.25, 0.3) is 0 Å². The number of rotatable bonds is 7. The second-order valence-electron chi connectivity index (χ2n) is 5.81. The summed E-state index contributed by atoms with van der Waals surface area (Å²) in [6.45, 7) is -0.733. The summed E-state index contributed by atoms with van der Waals surface area (Å²) in [5.74, 6) is -1.94. The number of amides is 2. The first-order chi connectivity index (χ1) is 12.8. The molecule has 0 aliphatic heterocycles. The van der Waals surface area contributed by atoms with Crippen molar-refractivity contribution in [3.63, 3.8) is 0 Å². The van der Waals surface area contributed by atoms with Crippen LogP contribution in [0.3, 0.4) is 0 Å². The molecule has 2 aromatic carbocycles. The number of benzene rings is 2. The third-order valence-corrected chi connectivity index (χ3v) is 3.58. The van der Waals surface area contributed by atoms with Crippen molar-refractivity contribution in [1.29, 1.82) is 0 Å². The molecule has 0 bridgehead atoms. The Kier molecular flexibility index (Phi) is 6.87. The summed E-state index contributed by atoms with van der Waals surface area (Å²) in [6.07, 6.45) is -0.0394. The topological polar surface area (TPSA) is 95.9 Å². The minimum Gasteiger partial charge on any atom is -0.508 e. The number of phenols is 1. The van der Waals surface area contributed by atoms with Crippen LogP contribution in [0.5, 0.6) is 5.75 Å². The van der Waals surface area contributed by atoms with E-state index < -0.39 is 30.2 Å². The zero-order chi connectivity index (χ0) is 19.8. The van der Waals surface area contributed by atoms with E-state index in [2.05, 4.69) is 5.32 Å². The third-order valence-electron chi connectivity index (χ3n) is 3.58. The van der Waals surface area contributed by atoms with Gasteiger partial charge in [-0.2, -0.15) is 0 Å². The monoisotopic (exact) mass is 374 g/mol. The quantitative estimate of drug-likeness (QED) is 0.720. The number of aromatic hydroxyl groups is 1. The molecule has 8 heteroatoms. The van der Waals surface area contributed by atoms with Crippen molar-refractivity contribution in [1.82, 2.24) is 4.90 Å². The maximum Gasteiger partial charge on any atom is 0.310 e. The van der Waals surface area contributed by atoms with Gasteiger partial charge in [-0.15, -0.1) is 0 Å². The largest absolute Gasteiger partial charge is 0.508 e. The average Bonchev–Trinajstić information content (AvgIpc) is 2.63. The number of hydrogen-bond acceptors (Lipinski definition) is 5. The standard InChI is InChI=1S/C19H19FN2O5/c1-22(11-17(24)21-15-6-4-14(20)5-7-15)18(25)12-27-19(26)10-13-2-8-16(23)9-3-13/h2-9,23H,10-12H2,1H3,(H,21,24).